The van der Waals surface area contributed by atoms with Crippen LogP contribution in [0.1, 0.15) is 10.9 Å². The van der Waals surface area contributed by atoms with E-state index in [0.29, 0.717) is 23.5 Å². The van der Waals surface area contributed by atoms with E-state index in [1.54, 1.807) is 13.2 Å². The number of alkyl halides is 3. The molecule has 1 atom stereocenters. The minimum absolute atomic E-state index is 0.0310. The van der Waals surface area contributed by atoms with E-state index in [1.807, 2.05) is 30.3 Å². The first-order valence-corrected chi connectivity index (χ1v) is 9.27. The molecule has 0 saturated carbocycles. The summed E-state index contributed by atoms with van der Waals surface area (Å²) in [5.41, 5.74) is 2.06. The molecule has 1 aliphatic heterocycles. The number of para-hydroxylation sites is 1. The van der Waals surface area contributed by atoms with Gasteiger partial charge in [-0.3, -0.25) is 0 Å². The summed E-state index contributed by atoms with van der Waals surface area (Å²) in [4.78, 5) is 1.08. The van der Waals surface area contributed by atoms with Crippen LogP contribution in [-0.4, -0.2) is 20.1 Å². The quantitative estimate of drug-likeness (QED) is 0.587. The van der Waals surface area contributed by atoms with Gasteiger partial charge in [0.05, 0.1) is 18.8 Å². The Kier molecular flexibility index (Phi) is 4.80. The van der Waals surface area contributed by atoms with Gasteiger partial charge in [0.15, 0.2) is 5.06 Å². The predicted molar refractivity (Wildman–Crippen MR) is 101 cm³/mol. The Balaban J connectivity index is 1.62. The van der Waals surface area contributed by atoms with Crippen molar-refractivity contribution in [2.24, 2.45) is 0 Å². The van der Waals surface area contributed by atoms with Crippen LogP contribution in [0.15, 0.2) is 54.6 Å². The van der Waals surface area contributed by atoms with Crippen molar-refractivity contribution in [1.29, 1.82) is 0 Å². The van der Waals surface area contributed by atoms with Crippen molar-refractivity contribution < 1.29 is 27.4 Å². The van der Waals surface area contributed by atoms with Gasteiger partial charge in [-0.1, -0.05) is 24.3 Å². The molecule has 2 heterocycles. The number of halogens is 3. The highest BCUT2D eigenvalue weighted by atomic mass is 32.1. The fourth-order valence-electron chi connectivity index (χ4n) is 3.07. The van der Waals surface area contributed by atoms with E-state index < -0.39 is 6.36 Å². The van der Waals surface area contributed by atoms with E-state index in [9.17, 15) is 13.2 Å². The highest BCUT2D eigenvalue weighted by molar-refractivity contribution is 7.13. The average Bonchev–Trinajstić information content (AvgIpc) is 3.15. The maximum atomic E-state index is 12.5. The van der Waals surface area contributed by atoms with Gasteiger partial charge in [-0.15, -0.1) is 24.5 Å². The minimum atomic E-state index is -4.73. The first kappa shape index (κ1) is 18.5. The summed E-state index contributed by atoms with van der Waals surface area (Å²) in [5, 5.41) is 4.25. The Morgan fingerprint density at radius 2 is 1.93 bits per heavy atom. The second kappa shape index (κ2) is 7.27. The lowest BCUT2D eigenvalue weighted by molar-refractivity contribution is -0.274. The van der Waals surface area contributed by atoms with Crippen LogP contribution < -0.4 is 19.5 Å². The zero-order valence-electron chi connectivity index (χ0n) is 14.7. The van der Waals surface area contributed by atoms with E-state index in [1.165, 1.54) is 29.5 Å². The smallest absolute Gasteiger partial charge is 0.488 e. The molecule has 8 heteroatoms. The molecule has 1 aliphatic rings. The molecule has 0 spiro atoms. The van der Waals surface area contributed by atoms with Gasteiger partial charge in [0, 0.05) is 10.4 Å². The Morgan fingerprint density at radius 1 is 1.11 bits per heavy atom. The van der Waals surface area contributed by atoms with Gasteiger partial charge in [0.25, 0.3) is 0 Å². The highest BCUT2D eigenvalue weighted by Gasteiger charge is 2.31. The zero-order valence-corrected chi connectivity index (χ0v) is 15.6. The van der Waals surface area contributed by atoms with E-state index in [2.05, 4.69) is 10.1 Å². The number of benzene rings is 2. The van der Waals surface area contributed by atoms with Crippen molar-refractivity contribution in [2.75, 3.05) is 19.0 Å². The third-order valence-corrected chi connectivity index (χ3v) is 5.42. The average molecular weight is 407 g/mol. The molecule has 146 valence electrons. The Hall–Kier alpha value is -2.87. The third-order valence-electron chi connectivity index (χ3n) is 4.26. The van der Waals surface area contributed by atoms with Gasteiger partial charge in [-0.25, -0.2) is 0 Å². The van der Waals surface area contributed by atoms with E-state index in [4.69, 9.17) is 9.47 Å². The number of thiophene rings is 1. The number of rotatable bonds is 4. The molecule has 28 heavy (non-hydrogen) atoms. The van der Waals surface area contributed by atoms with Crippen LogP contribution >= 0.6 is 11.3 Å². The van der Waals surface area contributed by atoms with E-state index >= 15 is 0 Å². The lowest BCUT2D eigenvalue weighted by atomic mass is 10.0. The van der Waals surface area contributed by atoms with Crippen LogP contribution in [0.5, 0.6) is 16.6 Å². The SMILES string of the molecule is COc1ccc(C2COc3c(cccc3-c3cccc(OC(F)(F)F)c3)N2)s1. The van der Waals surface area contributed by atoms with Gasteiger partial charge in [0.1, 0.15) is 18.1 Å². The van der Waals surface area contributed by atoms with Crippen LogP contribution in [0.2, 0.25) is 0 Å². The Morgan fingerprint density at radius 3 is 2.68 bits per heavy atom. The Bertz CT molecular complexity index is 987. The third kappa shape index (κ3) is 3.87. The van der Waals surface area contributed by atoms with Crippen LogP contribution in [0.3, 0.4) is 0 Å². The minimum Gasteiger partial charge on any atom is -0.488 e. The fraction of sp³-hybridized carbons (Fsp3) is 0.200. The van der Waals surface area contributed by atoms with Gasteiger partial charge in [-0.05, 0) is 35.9 Å². The molecule has 0 bridgehead atoms. The molecule has 1 aromatic heterocycles. The summed E-state index contributed by atoms with van der Waals surface area (Å²) in [6.45, 7) is 0.395. The molecule has 1 unspecified atom stereocenters. The molecule has 3 aromatic rings. The van der Waals surface area contributed by atoms with Crippen molar-refractivity contribution in [3.05, 3.63) is 59.5 Å². The fourth-order valence-corrected chi connectivity index (χ4v) is 3.93. The van der Waals surface area contributed by atoms with Gasteiger partial charge >= 0.3 is 6.36 Å². The second-order valence-corrected chi connectivity index (χ2v) is 7.20. The second-order valence-electron chi connectivity index (χ2n) is 6.13. The maximum absolute atomic E-state index is 12.5. The number of anilines is 1. The molecular weight excluding hydrogens is 391 g/mol. The monoisotopic (exact) mass is 407 g/mol. The molecule has 0 radical (unpaired) electrons. The summed E-state index contributed by atoms with van der Waals surface area (Å²) >= 11 is 1.53. The first-order valence-electron chi connectivity index (χ1n) is 8.45. The molecule has 1 N–H and O–H groups in total. The molecule has 0 fully saturated rings. The zero-order chi connectivity index (χ0) is 19.7. The lowest BCUT2D eigenvalue weighted by Crippen LogP contribution is -2.23. The summed E-state index contributed by atoms with van der Waals surface area (Å²) in [6, 6.07) is 15.2. The number of ether oxygens (including phenoxy) is 3. The van der Waals surface area contributed by atoms with Crippen LogP contribution in [0.4, 0.5) is 18.9 Å². The summed E-state index contributed by atoms with van der Waals surface area (Å²) in [6.07, 6.45) is -4.73. The van der Waals surface area contributed by atoms with E-state index in [-0.39, 0.29) is 11.8 Å². The van der Waals surface area contributed by atoms with Crippen LogP contribution in [0, 0.1) is 0 Å². The van der Waals surface area contributed by atoms with E-state index in [0.717, 1.165) is 15.6 Å². The molecule has 4 nitrogen and oxygen atoms in total. The van der Waals surface area contributed by atoms with Crippen molar-refractivity contribution in [3.63, 3.8) is 0 Å². The van der Waals surface area contributed by atoms with Crippen molar-refractivity contribution in [3.8, 4) is 27.7 Å². The normalized spacial score (nSPS) is 15.9. The van der Waals surface area contributed by atoms with Gasteiger partial charge in [-0.2, -0.15) is 0 Å². The van der Waals surface area contributed by atoms with Crippen molar-refractivity contribution in [2.45, 2.75) is 12.4 Å². The van der Waals surface area contributed by atoms with Gasteiger partial charge in [0.2, 0.25) is 0 Å². The number of hydrogen-bond donors (Lipinski definition) is 1. The molecule has 0 amide bonds. The number of fused-ring (bicyclic) bond motifs is 1. The highest BCUT2D eigenvalue weighted by Crippen LogP contribution is 2.43. The first-order chi connectivity index (χ1) is 13.4. The molecular formula is C20H16F3NO3S. The van der Waals surface area contributed by atoms with Gasteiger partial charge < -0.3 is 19.5 Å². The molecule has 0 aliphatic carbocycles. The predicted octanol–water partition coefficient (Wildman–Crippen LogP) is 5.87. The topological polar surface area (TPSA) is 39.7 Å². The summed E-state index contributed by atoms with van der Waals surface area (Å²) in [7, 11) is 1.62. The standard InChI is InChI=1S/C20H16F3NO3S/c1-25-18-9-8-17(28-18)16-11-26-19-14(6-3-7-15(19)24-16)12-4-2-5-13(10-12)27-20(21,22)23/h2-10,16,24H,11H2,1H3. The van der Waals surface area contributed by atoms with Crippen LogP contribution in [0.25, 0.3) is 11.1 Å². The lowest BCUT2D eigenvalue weighted by Gasteiger charge is -2.28. The number of nitrogens with one attached hydrogen (secondary N) is 1. The van der Waals surface area contributed by atoms with Crippen LogP contribution in [-0.2, 0) is 0 Å². The number of methoxy groups -OCH3 is 1. The maximum Gasteiger partial charge on any atom is 0.573 e. The summed E-state index contributed by atoms with van der Waals surface area (Å²) in [5.74, 6) is 0.335. The van der Waals surface area contributed by atoms with Crippen molar-refractivity contribution >= 4 is 17.0 Å². The van der Waals surface area contributed by atoms with Crippen molar-refractivity contribution in [1.82, 2.24) is 0 Å². The summed E-state index contributed by atoms with van der Waals surface area (Å²) < 4.78 is 52.8. The molecule has 2 aromatic carbocycles. The number of hydrogen-bond acceptors (Lipinski definition) is 5. The molecule has 4 rings (SSSR count). The Labute approximate surface area is 163 Å². The molecule has 0 saturated heterocycles. The largest absolute Gasteiger partial charge is 0.573 e.